The predicted molar refractivity (Wildman–Crippen MR) is 83.3 cm³/mol. The van der Waals surface area contributed by atoms with Gasteiger partial charge in [-0.3, -0.25) is 4.90 Å². The molecule has 0 saturated carbocycles. The molecule has 2 heterocycles. The van der Waals surface area contributed by atoms with Crippen LogP contribution in [0.5, 0.6) is 0 Å². The second-order valence-electron chi connectivity index (χ2n) is 6.42. The summed E-state index contributed by atoms with van der Waals surface area (Å²) in [7, 11) is 1.81. The number of rotatable bonds is 6. The second-order valence-corrected chi connectivity index (χ2v) is 6.42. The molecule has 1 fully saturated rings. The lowest BCUT2D eigenvalue weighted by Gasteiger charge is -2.35. The van der Waals surface area contributed by atoms with E-state index < -0.39 is 12.1 Å². The molecule has 1 aromatic rings. The van der Waals surface area contributed by atoms with Crippen LogP contribution in [0.3, 0.4) is 0 Å². The molecule has 1 aliphatic rings. The molecule has 0 radical (unpaired) electrons. The van der Waals surface area contributed by atoms with Crippen LogP contribution in [0.2, 0.25) is 0 Å². The molecule has 0 bridgehead atoms. The van der Waals surface area contributed by atoms with Crippen molar-refractivity contribution < 1.29 is 27.2 Å². The van der Waals surface area contributed by atoms with Gasteiger partial charge in [0.05, 0.1) is 0 Å². The fourth-order valence-corrected chi connectivity index (χ4v) is 2.63. The van der Waals surface area contributed by atoms with Gasteiger partial charge in [-0.1, -0.05) is 19.0 Å². The number of carbonyl (C=O) groups excluding carboxylic acids is 1. The monoisotopic (exact) mass is 364 g/mol. The summed E-state index contributed by atoms with van der Waals surface area (Å²) in [5, 5.41) is 3.94. The lowest BCUT2D eigenvalue weighted by atomic mass is 10.0. The molecule has 1 aliphatic heterocycles. The Kier molecular flexibility index (Phi) is 6.26. The van der Waals surface area contributed by atoms with Gasteiger partial charge in [0.2, 0.25) is 0 Å². The van der Waals surface area contributed by atoms with Crippen molar-refractivity contribution in [2.24, 2.45) is 0 Å². The number of esters is 1. The van der Waals surface area contributed by atoms with E-state index in [1.807, 2.05) is 30.7 Å². The molecule has 0 aliphatic carbocycles. The zero-order valence-electron chi connectivity index (χ0n) is 14.5. The van der Waals surface area contributed by atoms with E-state index in [-0.39, 0.29) is 25.1 Å². The first-order valence-corrected chi connectivity index (χ1v) is 8.21. The van der Waals surface area contributed by atoms with E-state index in [1.165, 1.54) is 0 Å². The van der Waals surface area contributed by atoms with E-state index in [2.05, 4.69) is 14.9 Å². The Bertz CT molecular complexity index is 569. The smallest absolute Gasteiger partial charge is 0.458 e. The minimum atomic E-state index is -4.94. The number of hydrogen-bond donors (Lipinski definition) is 0. The number of halogens is 3. The molecule has 0 spiro atoms. The van der Waals surface area contributed by atoms with Gasteiger partial charge in [0.15, 0.2) is 5.82 Å². The van der Waals surface area contributed by atoms with E-state index in [9.17, 15) is 18.0 Å². The number of alkyl halides is 3. The van der Waals surface area contributed by atoms with Crippen LogP contribution in [0, 0.1) is 0 Å². The van der Waals surface area contributed by atoms with Gasteiger partial charge in [0.1, 0.15) is 6.61 Å². The van der Waals surface area contributed by atoms with Gasteiger partial charge < -0.3 is 14.2 Å². The van der Waals surface area contributed by atoms with Crippen molar-refractivity contribution in [3.8, 4) is 0 Å². The number of nitrogens with zero attached hydrogens (tertiary/aromatic N) is 4. The number of ether oxygens (including phenoxy) is 1. The number of likely N-dealkylation sites (N-methyl/N-ethyl adjacent to an activating group) is 1. The van der Waals surface area contributed by atoms with E-state index in [0.29, 0.717) is 11.8 Å². The molecule has 0 atom stereocenters. The van der Waals surface area contributed by atoms with Crippen molar-refractivity contribution in [3.63, 3.8) is 0 Å². The molecular weight excluding hydrogens is 341 g/mol. The minimum Gasteiger partial charge on any atom is -0.458 e. The summed E-state index contributed by atoms with van der Waals surface area (Å²) >= 11 is 0. The van der Waals surface area contributed by atoms with Gasteiger partial charge in [-0.25, -0.2) is 4.79 Å². The van der Waals surface area contributed by atoms with Crippen LogP contribution in [0.15, 0.2) is 4.52 Å². The largest absolute Gasteiger partial charge is 0.490 e. The van der Waals surface area contributed by atoms with E-state index in [0.717, 1.165) is 25.9 Å². The Balaban J connectivity index is 1.74. The maximum absolute atomic E-state index is 12.1. The van der Waals surface area contributed by atoms with Gasteiger partial charge >= 0.3 is 18.2 Å². The number of carbonyl (C=O) groups is 1. The summed E-state index contributed by atoms with van der Waals surface area (Å²) < 4.78 is 45.7. The molecule has 0 amide bonds. The summed E-state index contributed by atoms with van der Waals surface area (Å²) in [5.41, 5.74) is 0. The molecule has 0 N–H and O–H groups in total. The Morgan fingerprint density at radius 2 is 2.04 bits per heavy atom. The molecule has 0 aromatic carbocycles. The predicted octanol–water partition coefficient (Wildman–Crippen LogP) is 2.20. The molecule has 142 valence electrons. The topological polar surface area (TPSA) is 71.7 Å². The Morgan fingerprint density at radius 1 is 1.40 bits per heavy atom. The van der Waals surface area contributed by atoms with Crippen LogP contribution in [0.25, 0.3) is 0 Å². The fraction of sp³-hybridized carbons (Fsp3) is 0.800. The van der Waals surface area contributed by atoms with Gasteiger partial charge in [0.25, 0.3) is 0 Å². The Morgan fingerprint density at radius 3 is 2.56 bits per heavy atom. The lowest BCUT2D eigenvalue weighted by Crippen LogP contribution is -2.44. The third-order valence-electron chi connectivity index (χ3n) is 4.21. The van der Waals surface area contributed by atoms with Crippen LogP contribution >= 0.6 is 0 Å². The summed E-state index contributed by atoms with van der Waals surface area (Å²) in [6.45, 7) is 5.39. The number of piperidine rings is 1. The van der Waals surface area contributed by atoms with Gasteiger partial charge in [0, 0.05) is 31.6 Å². The van der Waals surface area contributed by atoms with Crippen LogP contribution in [0.4, 0.5) is 19.2 Å². The van der Waals surface area contributed by atoms with Gasteiger partial charge in [-0.2, -0.15) is 18.2 Å². The van der Waals surface area contributed by atoms with Crippen LogP contribution in [0.1, 0.15) is 38.4 Å². The molecule has 10 heteroatoms. The van der Waals surface area contributed by atoms with Gasteiger partial charge in [-0.15, -0.1) is 0 Å². The van der Waals surface area contributed by atoms with Crippen LogP contribution in [-0.2, 0) is 9.53 Å². The third kappa shape index (κ3) is 5.32. The molecule has 2 rings (SSSR count). The SMILES string of the molecule is CC(C)c1noc(N2CCC(N(C)CCOC(=O)C(F)(F)F)CC2)n1. The van der Waals surface area contributed by atoms with Crippen molar-refractivity contribution in [2.45, 2.75) is 44.8 Å². The molecule has 25 heavy (non-hydrogen) atoms. The average molecular weight is 364 g/mol. The van der Waals surface area contributed by atoms with E-state index in [1.54, 1.807) is 0 Å². The molecule has 1 saturated heterocycles. The molecular formula is C15H23F3N4O3. The minimum absolute atomic E-state index is 0.195. The quantitative estimate of drug-likeness (QED) is 0.717. The highest BCUT2D eigenvalue weighted by molar-refractivity contribution is 5.75. The van der Waals surface area contributed by atoms with Crippen LogP contribution in [-0.4, -0.2) is 66.5 Å². The Hall–Kier alpha value is -1.84. The Labute approximate surface area is 144 Å². The maximum atomic E-state index is 12.1. The van der Waals surface area contributed by atoms with Gasteiger partial charge in [-0.05, 0) is 19.9 Å². The molecule has 0 unspecified atom stereocenters. The number of hydrogen-bond acceptors (Lipinski definition) is 7. The fourth-order valence-electron chi connectivity index (χ4n) is 2.63. The van der Waals surface area contributed by atoms with Crippen molar-refractivity contribution in [3.05, 3.63) is 5.82 Å². The summed E-state index contributed by atoms with van der Waals surface area (Å²) in [6, 6.07) is 0.706. The number of anilines is 1. The highest BCUT2D eigenvalue weighted by atomic mass is 19.4. The molecule has 7 nitrogen and oxygen atoms in total. The van der Waals surface area contributed by atoms with E-state index in [4.69, 9.17) is 4.52 Å². The first-order chi connectivity index (χ1) is 11.7. The summed E-state index contributed by atoms with van der Waals surface area (Å²) in [6.07, 6.45) is -3.32. The average Bonchev–Trinajstić information content (AvgIpc) is 3.04. The highest BCUT2D eigenvalue weighted by Crippen LogP contribution is 2.22. The van der Waals surface area contributed by atoms with Crippen molar-refractivity contribution in [2.75, 3.05) is 38.2 Å². The lowest BCUT2D eigenvalue weighted by molar-refractivity contribution is -0.200. The summed E-state index contributed by atoms with van der Waals surface area (Å²) in [5.74, 6) is -1.28. The maximum Gasteiger partial charge on any atom is 0.490 e. The first kappa shape index (κ1) is 19.5. The standard InChI is InChI=1S/C15H23F3N4O3/c1-10(2)12-19-14(25-20-12)22-6-4-11(5-7-22)21(3)8-9-24-13(23)15(16,17)18/h10-11H,4-9H2,1-3H3. The normalized spacial score (nSPS) is 16.7. The third-order valence-corrected chi connectivity index (χ3v) is 4.21. The molecule has 1 aromatic heterocycles. The van der Waals surface area contributed by atoms with E-state index >= 15 is 0 Å². The van der Waals surface area contributed by atoms with Crippen molar-refractivity contribution in [1.29, 1.82) is 0 Å². The summed E-state index contributed by atoms with van der Waals surface area (Å²) in [4.78, 5) is 19.0. The highest BCUT2D eigenvalue weighted by Gasteiger charge is 2.40. The second kappa shape index (κ2) is 8.03. The first-order valence-electron chi connectivity index (χ1n) is 8.21. The van der Waals surface area contributed by atoms with Crippen molar-refractivity contribution in [1.82, 2.24) is 15.0 Å². The van der Waals surface area contributed by atoms with Crippen molar-refractivity contribution >= 4 is 12.0 Å². The number of aromatic nitrogens is 2. The van der Waals surface area contributed by atoms with Crippen LogP contribution < -0.4 is 4.90 Å². The zero-order chi connectivity index (χ0) is 18.6. The zero-order valence-corrected chi connectivity index (χ0v) is 14.5.